The molecule has 7 fully saturated rings. The number of fused-ring (bicyclic) bond motifs is 5. The van der Waals surface area contributed by atoms with Crippen molar-refractivity contribution in [2.75, 3.05) is 33.0 Å². The van der Waals surface area contributed by atoms with Crippen molar-refractivity contribution in [3.8, 4) is 0 Å². The van der Waals surface area contributed by atoms with Crippen molar-refractivity contribution < 1.29 is 74.7 Å². The number of aliphatic hydroxyl groups is 10. The lowest BCUT2D eigenvalue weighted by atomic mass is 9.33. The highest BCUT2D eigenvalue weighted by molar-refractivity contribution is 5.19. The van der Waals surface area contributed by atoms with Crippen LogP contribution in [0.1, 0.15) is 98.8 Å². The van der Waals surface area contributed by atoms with Gasteiger partial charge in [0.15, 0.2) is 12.6 Å². The first-order valence-electron chi connectivity index (χ1n) is 21.6. The molecule has 3 heterocycles. The van der Waals surface area contributed by atoms with Gasteiger partial charge in [-0.05, 0) is 98.2 Å². The molecular formula is C42H72O15. The lowest BCUT2D eigenvalue weighted by Gasteiger charge is -2.73. The molecule has 15 nitrogen and oxygen atoms in total. The summed E-state index contributed by atoms with van der Waals surface area (Å²) in [6.07, 6.45) is -7.38. The van der Waals surface area contributed by atoms with Gasteiger partial charge in [0.1, 0.15) is 48.8 Å². The van der Waals surface area contributed by atoms with E-state index in [4.69, 9.17) is 23.7 Å². The van der Waals surface area contributed by atoms with E-state index < -0.39 is 92.2 Å². The van der Waals surface area contributed by atoms with Gasteiger partial charge >= 0.3 is 0 Å². The van der Waals surface area contributed by atoms with Gasteiger partial charge in [0, 0.05) is 23.4 Å². The van der Waals surface area contributed by atoms with Crippen LogP contribution in [0.3, 0.4) is 0 Å². The minimum absolute atomic E-state index is 0.00317. The molecule has 7 aliphatic rings. The van der Waals surface area contributed by atoms with E-state index >= 15 is 0 Å². The fourth-order valence-corrected chi connectivity index (χ4v) is 13.9. The largest absolute Gasteiger partial charge is 0.396 e. The van der Waals surface area contributed by atoms with Crippen molar-refractivity contribution in [2.24, 2.45) is 50.7 Å². The molecule has 0 aromatic carbocycles. The maximum atomic E-state index is 12.4. The van der Waals surface area contributed by atoms with Crippen LogP contribution < -0.4 is 0 Å². The Morgan fingerprint density at radius 2 is 1.26 bits per heavy atom. The zero-order valence-corrected chi connectivity index (χ0v) is 34.4. The maximum Gasteiger partial charge on any atom is 0.186 e. The number of hydrogen-bond acceptors (Lipinski definition) is 15. The Balaban J connectivity index is 1.16. The summed E-state index contributed by atoms with van der Waals surface area (Å²) < 4.78 is 30.9. The summed E-state index contributed by atoms with van der Waals surface area (Å²) in [6, 6.07) is 0. The summed E-state index contributed by atoms with van der Waals surface area (Å²) >= 11 is 0. The average Bonchev–Trinajstić information content (AvgIpc) is 3.20. The maximum absolute atomic E-state index is 12.4. The smallest absolute Gasteiger partial charge is 0.186 e. The van der Waals surface area contributed by atoms with Gasteiger partial charge in [0.05, 0.1) is 44.7 Å². The van der Waals surface area contributed by atoms with Gasteiger partial charge in [0.25, 0.3) is 0 Å². The van der Waals surface area contributed by atoms with E-state index in [1.54, 1.807) is 0 Å². The van der Waals surface area contributed by atoms with Crippen LogP contribution in [0.2, 0.25) is 0 Å². The van der Waals surface area contributed by atoms with E-state index in [-0.39, 0.29) is 64.6 Å². The number of ether oxygens (including phenoxy) is 5. The molecule has 7 rings (SSSR count). The predicted octanol–water partition coefficient (Wildman–Crippen LogP) is 0.192. The SMILES string of the molecule is C[C@@H](CO)[C@@H]1CC[C@@]2(CC[C@]3(C)[C@H](CC[C@@H]4[C@@]5(C)CC[C@H](O[C@@H]6O[C@H](CO)[C@@H](O)[C@H](O)[C@H]6O)[C@@](C)(CO[C@@H]6O[C@H](CO)[C@@H](O)[C@H](O)[C@H]6O)[C@@H]5CC[C@]43C)[C@H]2O)CO1. The summed E-state index contributed by atoms with van der Waals surface area (Å²) in [6.45, 7) is 10.6. The highest BCUT2D eigenvalue weighted by atomic mass is 16.7. The van der Waals surface area contributed by atoms with Crippen LogP contribution in [0.5, 0.6) is 0 Å². The molecule has 3 saturated heterocycles. The predicted molar refractivity (Wildman–Crippen MR) is 202 cm³/mol. The Kier molecular flexibility index (Phi) is 12.7. The van der Waals surface area contributed by atoms with Gasteiger partial charge < -0.3 is 74.7 Å². The van der Waals surface area contributed by atoms with Crippen LogP contribution in [0, 0.1) is 50.7 Å². The summed E-state index contributed by atoms with van der Waals surface area (Å²) in [5.41, 5.74) is -1.62. The van der Waals surface area contributed by atoms with Crippen LogP contribution in [0.25, 0.3) is 0 Å². The van der Waals surface area contributed by atoms with Gasteiger partial charge in [0.2, 0.25) is 0 Å². The highest BCUT2D eigenvalue weighted by Crippen LogP contribution is 2.75. The van der Waals surface area contributed by atoms with Crippen LogP contribution in [-0.4, -0.2) is 164 Å². The molecule has 0 aromatic heterocycles. The third kappa shape index (κ3) is 6.98. The van der Waals surface area contributed by atoms with Gasteiger partial charge in [-0.1, -0.05) is 34.6 Å². The summed E-state index contributed by atoms with van der Waals surface area (Å²) in [5, 5.41) is 106. The van der Waals surface area contributed by atoms with E-state index in [2.05, 4.69) is 20.8 Å². The number of hydrogen-bond donors (Lipinski definition) is 10. The summed E-state index contributed by atoms with van der Waals surface area (Å²) in [4.78, 5) is 0. The van der Waals surface area contributed by atoms with E-state index in [9.17, 15) is 51.1 Å². The molecule has 330 valence electrons. The average molecular weight is 817 g/mol. The molecule has 4 aliphatic carbocycles. The van der Waals surface area contributed by atoms with E-state index in [0.717, 1.165) is 57.8 Å². The zero-order chi connectivity index (χ0) is 41.5. The monoisotopic (exact) mass is 816 g/mol. The first-order valence-corrected chi connectivity index (χ1v) is 21.6. The van der Waals surface area contributed by atoms with Gasteiger partial charge in [-0.15, -0.1) is 0 Å². The topological polar surface area (TPSA) is 248 Å². The molecule has 10 N–H and O–H groups in total. The van der Waals surface area contributed by atoms with Crippen molar-refractivity contribution in [1.82, 2.24) is 0 Å². The van der Waals surface area contributed by atoms with Gasteiger partial charge in [-0.25, -0.2) is 0 Å². The van der Waals surface area contributed by atoms with E-state index in [1.165, 1.54) is 0 Å². The standard InChI is InChI=1S/C42H72O15/c1-21(16-43)23-8-13-42(20-53-23)15-14-40(4)22(35(42)52)6-7-27-38(2)11-10-28(57-37-34(51)32(49)30(47)25(18-45)56-37)39(3,26(38)9-12-41(27,40)5)19-54-36-33(50)31(48)29(46)24(17-44)55-36/h21-37,43-52H,6-20H2,1-5H3/t21-,22+,23-,24+,25+,26+,27+,28-,29+,30+,31-,32-,33+,34+,35+,36+,37-,38-,39-,40+,41+,42+/m0/s1. The Labute approximate surface area is 336 Å². The molecule has 0 unspecified atom stereocenters. The van der Waals surface area contributed by atoms with Crippen molar-refractivity contribution >= 4 is 0 Å². The quantitative estimate of drug-likeness (QED) is 0.140. The van der Waals surface area contributed by atoms with E-state index in [1.807, 2.05) is 13.8 Å². The highest BCUT2D eigenvalue weighted by Gasteiger charge is 2.71. The molecule has 0 radical (unpaired) electrons. The van der Waals surface area contributed by atoms with E-state index in [0.29, 0.717) is 13.0 Å². The second kappa shape index (κ2) is 16.3. The lowest BCUT2D eigenvalue weighted by molar-refractivity contribution is -0.346. The van der Waals surface area contributed by atoms with Crippen LogP contribution >= 0.6 is 0 Å². The molecule has 1 spiro atoms. The third-order valence-electron chi connectivity index (χ3n) is 17.8. The Hall–Kier alpha value is -0.600. The van der Waals surface area contributed by atoms with Crippen LogP contribution in [0.4, 0.5) is 0 Å². The Bertz CT molecular complexity index is 1380. The van der Waals surface area contributed by atoms with Gasteiger partial charge in [-0.3, -0.25) is 0 Å². The normalized spacial score (nSPS) is 56.1. The fraction of sp³-hybridized carbons (Fsp3) is 1.00. The minimum atomic E-state index is -1.62. The first-order chi connectivity index (χ1) is 26.9. The molecule has 57 heavy (non-hydrogen) atoms. The van der Waals surface area contributed by atoms with Crippen molar-refractivity contribution in [3.63, 3.8) is 0 Å². The molecule has 0 aromatic rings. The number of aliphatic hydroxyl groups excluding tert-OH is 10. The summed E-state index contributed by atoms with van der Waals surface area (Å²) in [7, 11) is 0. The Morgan fingerprint density at radius 3 is 1.86 bits per heavy atom. The second-order valence-electron chi connectivity index (χ2n) is 20.4. The molecule has 15 heteroatoms. The van der Waals surface area contributed by atoms with Crippen molar-refractivity contribution in [2.45, 2.75) is 179 Å². The Morgan fingerprint density at radius 1 is 0.632 bits per heavy atom. The van der Waals surface area contributed by atoms with Crippen molar-refractivity contribution in [3.05, 3.63) is 0 Å². The third-order valence-corrected chi connectivity index (χ3v) is 17.8. The zero-order valence-electron chi connectivity index (χ0n) is 34.4. The van der Waals surface area contributed by atoms with Crippen molar-refractivity contribution in [1.29, 1.82) is 0 Å². The molecule has 22 atom stereocenters. The second-order valence-corrected chi connectivity index (χ2v) is 20.4. The minimum Gasteiger partial charge on any atom is -0.396 e. The first kappa shape index (κ1) is 44.5. The molecule has 3 aliphatic heterocycles. The number of rotatable bonds is 9. The van der Waals surface area contributed by atoms with Crippen LogP contribution in [0.15, 0.2) is 0 Å². The van der Waals surface area contributed by atoms with Crippen LogP contribution in [-0.2, 0) is 23.7 Å². The lowest BCUT2D eigenvalue weighted by Crippen LogP contribution is -2.69. The van der Waals surface area contributed by atoms with Gasteiger partial charge in [-0.2, -0.15) is 0 Å². The summed E-state index contributed by atoms with van der Waals surface area (Å²) in [5.74, 6) is 0.400. The molecular weight excluding hydrogens is 744 g/mol. The molecule has 4 saturated carbocycles. The molecule has 0 bridgehead atoms. The molecule has 0 amide bonds. The fourth-order valence-electron chi connectivity index (χ4n) is 13.9.